The fourth-order valence-corrected chi connectivity index (χ4v) is 3.27. The SMILES string of the molecule is COC1COC2(CCN(C(=O)c3cncc(C)c3)CC2)C1.O=C(O)C(F)(F)F. The van der Waals surface area contributed by atoms with Crippen LogP contribution in [0.25, 0.3) is 0 Å². The van der Waals surface area contributed by atoms with E-state index in [1.165, 1.54) is 0 Å². The highest BCUT2D eigenvalue weighted by atomic mass is 19.4. The predicted octanol–water partition coefficient (Wildman–Crippen LogP) is 2.43. The number of piperidine rings is 1. The average molecular weight is 404 g/mol. The number of nitrogens with zero attached hydrogens (tertiary/aromatic N) is 2. The van der Waals surface area contributed by atoms with Gasteiger partial charge in [-0.1, -0.05) is 0 Å². The molecule has 0 aliphatic carbocycles. The number of amides is 1. The van der Waals surface area contributed by atoms with Gasteiger partial charge in [-0.25, -0.2) is 4.79 Å². The summed E-state index contributed by atoms with van der Waals surface area (Å²) in [4.78, 5) is 27.4. The molecule has 0 saturated carbocycles. The van der Waals surface area contributed by atoms with Crippen LogP contribution in [0.15, 0.2) is 18.5 Å². The third kappa shape index (κ3) is 5.65. The molecule has 1 aromatic heterocycles. The topological polar surface area (TPSA) is 89.0 Å². The molecule has 2 aliphatic rings. The predicted molar refractivity (Wildman–Crippen MR) is 91.9 cm³/mol. The van der Waals surface area contributed by atoms with Crippen molar-refractivity contribution < 1.29 is 37.3 Å². The number of pyridine rings is 1. The summed E-state index contributed by atoms with van der Waals surface area (Å²) in [6, 6.07) is 1.90. The van der Waals surface area contributed by atoms with E-state index in [2.05, 4.69) is 4.98 Å². The van der Waals surface area contributed by atoms with Crippen molar-refractivity contribution in [3.8, 4) is 0 Å². The molecule has 3 heterocycles. The Morgan fingerprint density at radius 3 is 2.39 bits per heavy atom. The van der Waals surface area contributed by atoms with Gasteiger partial charge in [-0.2, -0.15) is 13.2 Å². The van der Waals surface area contributed by atoms with Crippen molar-refractivity contribution >= 4 is 11.9 Å². The van der Waals surface area contributed by atoms with Crippen LogP contribution in [0.3, 0.4) is 0 Å². The number of likely N-dealkylation sites (tertiary alicyclic amines) is 1. The highest BCUT2D eigenvalue weighted by Crippen LogP contribution is 2.37. The molecule has 3 rings (SSSR count). The molecule has 0 bridgehead atoms. The maximum absolute atomic E-state index is 12.5. The van der Waals surface area contributed by atoms with Gasteiger partial charge in [0, 0.05) is 39.0 Å². The number of hydrogen-bond acceptors (Lipinski definition) is 5. The number of carbonyl (C=O) groups excluding carboxylic acids is 1. The van der Waals surface area contributed by atoms with Crippen LogP contribution in [0.1, 0.15) is 35.2 Å². The summed E-state index contributed by atoms with van der Waals surface area (Å²) in [6.07, 6.45) is 1.24. The zero-order valence-electron chi connectivity index (χ0n) is 15.7. The zero-order valence-corrected chi connectivity index (χ0v) is 15.7. The van der Waals surface area contributed by atoms with E-state index in [0.717, 1.165) is 37.9 Å². The Labute approximate surface area is 160 Å². The number of rotatable bonds is 2. The molecule has 1 aromatic rings. The highest BCUT2D eigenvalue weighted by Gasteiger charge is 2.43. The Balaban J connectivity index is 0.000000345. The molecular weight excluding hydrogens is 381 g/mol. The van der Waals surface area contributed by atoms with E-state index in [0.29, 0.717) is 12.2 Å². The van der Waals surface area contributed by atoms with Gasteiger partial charge in [0.25, 0.3) is 5.91 Å². The molecule has 2 saturated heterocycles. The Hall–Kier alpha value is -2.20. The summed E-state index contributed by atoms with van der Waals surface area (Å²) in [5.74, 6) is -2.69. The Morgan fingerprint density at radius 2 is 1.93 bits per heavy atom. The fourth-order valence-electron chi connectivity index (χ4n) is 3.27. The second-order valence-electron chi connectivity index (χ2n) is 6.90. The summed E-state index contributed by atoms with van der Waals surface area (Å²) in [5, 5.41) is 7.12. The van der Waals surface area contributed by atoms with Gasteiger partial charge in [-0.15, -0.1) is 0 Å². The van der Waals surface area contributed by atoms with Gasteiger partial charge < -0.3 is 19.5 Å². The van der Waals surface area contributed by atoms with Gasteiger partial charge >= 0.3 is 12.1 Å². The van der Waals surface area contributed by atoms with Gasteiger partial charge in [0.2, 0.25) is 0 Å². The minimum absolute atomic E-state index is 0.0716. The van der Waals surface area contributed by atoms with Crippen molar-refractivity contribution in [2.75, 3.05) is 26.8 Å². The number of carboxylic acid groups (broad SMARTS) is 1. The lowest BCUT2D eigenvalue weighted by Crippen LogP contribution is -2.46. The van der Waals surface area contributed by atoms with Crippen molar-refractivity contribution in [3.63, 3.8) is 0 Å². The lowest BCUT2D eigenvalue weighted by Gasteiger charge is -2.38. The molecule has 7 nitrogen and oxygen atoms in total. The minimum atomic E-state index is -5.08. The fraction of sp³-hybridized carbons (Fsp3) is 0.611. The minimum Gasteiger partial charge on any atom is -0.475 e. The van der Waals surface area contributed by atoms with E-state index in [9.17, 15) is 18.0 Å². The van der Waals surface area contributed by atoms with E-state index in [4.69, 9.17) is 19.4 Å². The number of aryl methyl sites for hydroxylation is 1. The van der Waals surface area contributed by atoms with Gasteiger partial charge in [0.1, 0.15) is 0 Å². The van der Waals surface area contributed by atoms with Crippen LogP contribution in [0.4, 0.5) is 13.2 Å². The molecule has 1 unspecified atom stereocenters. The van der Waals surface area contributed by atoms with Crippen molar-refractivity contribution in [2.24, 2.45) is 0 Å². The molecule has 1 atom stereocenters. The van der Waals surface area contributed by atoms with Crippen molar-refractivity contribution in [1.82, 2.24) is 9.88 Å². The van der Waals surface area contributed by atoms with Crippen LogP contribution in [0.5, 0.6) is 0 Å². The first kappa shape index (κ1) is 22.1. The molecule has 0 aromatic carbocycles. The maximum Gasteiger partial charge on any atom is 0.490 e. The standard InChI is InChI=1S/C16H22N2O3.C2HF3O2/c1-12-7-13(10-17-9-12)15(19)18-5-3-16(4-6-18)8-14(20-2)11-21-16;3-2(4,5)1(6)7/h7,9-10,14H,3-6,8,11H2,1-2H3;(H,6,7). The summed E-state index contributed by atoms with van der Waals surface area (Å²) in [7, 11) is 1.73. The van der Waals surface area contributed by atoms with Crippen LogP contribution in [0, 0.1) is 6.92 Å². The van der Waals surface area contributed by atoms with Crippen LogP contribution in [0.2, 0.25) is 0 Å². The van der Waals surface area contributed by atoms with Crippen LogP contribution < -0.4 is 0 Å². The molecule has 1 N–H and O–H groups in total. The summed E-state index contributed by atoms with van der Waals surface area (Å²) >= 11 is 0. The Kier molecular flexibility index (Phi) is 7.00. The molecule has 28 heavy (non-hydrogen) atoms. The lowest BCUT2D eigenvalue weighted by atomic mass is 9.87. The van der Waals surface area contributed by atoms with E-state index in [1.54, 1.807) is 19.5 Å². The quantitative estimate of drug-likeness (QED) is 0.815. The van der Waals surface area contributed by atoms with E-state index in [-0.39, 0.29) is 17.6 Å². The molecule has 156 valence electrons. The van der Waals surface area contributed by atoms with E-state index >= 15 is 0 Å². The number of carbonyl (C=O) groups is 2. The first-order valence-electron chi connectivity index (χ1n) is 8.74. The zero-order chi connectivity index (χ0) is 20.9. The number of aliphatic carboxylic acids is 1. The molecular formula is C18H23F3N2O5. The molecule has 1 amide bonds. The van der Waals surface area contributed by atoms with Crippen molar-refractivity contribution in [1.29, 1.82) is 0 Å². The number of methoxy groups -OCH3 is 1. The smallest absolute Gasteiger partial charge is 0.475 e. The Bertz CT molecular complexity index is 703. The van der Waals surface area contributed by atoms with Crippen molar-refractivity contribution in [2.45, 2.75) is 44.1 Å². The van der Waals surface area contributed by atoms with Gasteiger partial charge in [-0.05, 0) is 31.4 Å². The Morgan fingerprint density at radius 1 is 1.32 bits per heavy atom. The molecule has 2 aliphatic heterocycles. The van der Waals surface area contributed by atoms with Gasteiger partial charge in [0.05, 0.1) is 23.9 Å². The van der Waals surface area contributed by atoms with Gasteiger partial charge in [0.15, 0.2) is 0 Å². The number of hydrogen-bond donors (Lipinski definition) is 1. The van der Waals surface area contributed by atoms with Gasteiger partial charge in [-0.3, -0.25) is 9.78 Å². The summed E-state index contributed by atoms with van der Waals surface area (Å²) in [5.41, 5.74) is 1.60. The molecule has 2 fully saturated rings. The van der Waals surface area contributed by atoms with E-state index < -0.39 is 12.1 Å². The number of aromatic nitrogens is 1. The van der Waals surface area contributed by atoms with Crippen LogP contribution >= 0.6 is 0 Å². The number of carboxylic acids is 1. The monoisotopic (exact) mass is 404 g/mol. The van der Waals surface area contributed by atoms with E-state index in [1.807, 2.05) is 17.9 Å². The largest absolute Gasteiger partial charge is 0.490 e. The lowest BCUT2D eigenvalue weighted by molar-refractivity contribution is -0.192. The maximum atomic E-state index is 12.5. The second kappa shape index (κ2) is 8.87. The third-order valence-corrected chi connectivity index (χ3v) is 4.83. The molecule has 0 radical (unpaired) electrons. The average Bonchev–Trinajstić information content (AvgIpc) is 3.04. The number of alkyl halides is 3. The summed E-state index contributed by atoms with van der Waals surface area (Å²) in [6.45, 7) is 4.10. The normalized spacial score (nSPS) is 21.2. The second-order valence-corrected chi connectivity index (χ2v) is 6.90. The highest BCUT2D eigenvalue weighted by molar-refractivity contribution is 5.94. The van der Waals surface area contributed by atoms with Crippen molar-refractivity contribution in [3.05, 3.63) is 29.6 Å². The molecule has 1 spiro atoms. The summed E-state index contributed by atoms with van der Waals surface area (Å²) < 4.78 is 43.1. The third-order valence-electron chi connectivity index (χ3n) is 4.83. The van der Waals surface area contributed by atoms with Crippen LogP contribution in [-0.2, 0) is 14.3 Å². The molecule has 10 heteroatoms. The first-order valence-corrected chi connectivity index (χ1v) is 8.74. The number of halogens is 3. The number of ether oxygens (including phenoxy) is 2. The van der Waals surface area contributed by atoms with Crippen LogP contribution in [-0.4, -0.2) is 71.6 Å². The first-order chi connectivity index (χ1) is 13.1.